The summed E-state index contributed by atoms with van der Waals surface area (Å²) in [6, 6.07) is 10.2. The summed E-state index contributed by atoms with van der Waals surface area (Å²) in [5.41, 5.74) is -0.00754. The van der Waals surface area contributed by atoms with Gasteiger partial charge in [0.05, 0.1) is 17.2 Å². The highest BCUT2D eigenvalue weighted by Gasteiger charge is 2.50. The minimum atomic E-state index is -0.902. The van der Waals surface area contributed by atoms with Crippen molar-refractivity contribution in [1.29, 1.82) is 15.8 Å². The Morgan fingerprint density at radius 1 is 1.17 bits per heavy atom. The maximum Gasteiger partial charge on any atom is 0.244 e. The van der Waals surface area contributed by atoms with Crippen LogP contribution in [0.3, 0.4) is 0 Å². The van der Waals surface area contributed by atoms with E-state index in [2.05, 4.69) is 5.32 Å². The monoisotopic (exact) mass is 236 g/mol. The molecule has 0 atom stereocenters. The van der Waals surface area contributed by atoms with Crippen LogP contribution in [0.2, 0.25) is 0 Å². The first-order chi connectivity index (χ1) is 8.65. The van der Waals surface area contributed by atoms with E-state index >= 15 is 0 Å². The van der Waals surface area contributed by atoms with Crippen molar-refractivity contribution in [2.45, 2.75) is 12.8 Å². The minimum absolute atomic E-state index is 0.206. The number of benzene rings is 1. The summed E-state index contributed by atoms with van der Waals surface area (Å²) >= 11 is 0. The van der Waals surface area contributed by atoms with Crippen LogP contribution < -0.4 is 5.32 Å². The SMILES string of the molecule is N#Cc1ccc(NC(=O)C2(C#N)CC2)cc1C#N. The van der Waals surface area contributed by atoms with E-state index in [0.29, 0.717) is 18.5 Å². The average molecular weight is 236 g/mol. The number of anilines is 1. The van der Waals surface area contributed by atoms with Gasteiger partial charge in [-0.25, -0.2) is 0 Å². The van der Waals surface area contributed by atoms with Crippen LogP contribution in [0.4, 0.5) is 5.69 Å². The quantitative estimate of drug-likeness (QED) is 0.843. The van der Waals surface area contributed by atoms with Gasteiger partial charge in [0.2, 0.25) is 5.91 Å². The molecule has 0 aliphatic heterocycles. The summed E-state index contributed by atoms with van der Waals surface area (Å²) in [6.45, 7) is 0. The highest BCUT2D eigenvalue weighted by molar-refractivity contribution is 5.99. The predicted octanol–water partition coefficient (Wildman–Crippen LogP) is 1.67. The van der Waals surface area contributed by atoms with Gasteiger partial charge in [0, 0.05) is 5.69 Å². The Hall–Kier alpha value is -2.84. The Balaban J connectivity index is 2.22. The van der Waals surface area contributed by atoms with Gasteiger partial charge in [0.25, 0.3) is 0 Å². The fourth-order valence-electron chi connectivity index (χ4n) is 1.58. The second kappa shape index (κ2) is 4.20. The molecule has 0 bridgehead atoms. The van der Waals surface area contributed by atoms with Crippen LogP contribution in [0.1, 0.15) is 24.0 Å². The zero-order valence-electron chi connectivity index (χ0n) is 9.40. The molecule has 1 saturated carbocycles. The van der Waals surface area contributed by atoms with Gasteiger partial charge < -0.3 is 5.32 Å². The van der Waals surface area contributed by atoms with Crippen LogP contribution in [0.25, 0.3) is 0 Å². The van der Waals surface area contributed by atoms with Crippen LogP contribution in [0.5, 0.6) is 0 Å². The van der Waals surface area contributed by atoms with Crippen molar-refractivity contribution in [3.05, 3.63) is 29.3 Å². The number of nitrogens with zero attached hydrogens (tertiary/aromatic N) is 3. The molecule has 1 aliphatic carbocycles. The molecule has 1 N–H and O–H groups in total. The standard InChI is InChI=1S/C13H8N4O/c14-6-9-1-2-11(5-10(9)7-15)17-12(18)13(8-16)3-4-13/h1-2,5H,3-4H2,(H,17,18). The Morgan fingerprint density at radius 2 is 1.83 bits per heavy atom. The molecular weight excluding hydrogens is 228 g/mol. The fraction of sp³-hybridized carbons (Fsp3) is 0.231. The van der Waals surface area contributed by atoms with Crippen LogP contribution in [0, 0.1) is 39.4 Å². The number of nitriles is 3. The van der Waals surface area contributed by atoms with E-state index < -0.39 is 5.41 Å². The molecule has 1 aromatic rings. The number of rotatable bonds is 2. The molecule has 0 spiro atoms. The molecule has 0 saturated heterocycles. The Morgan fingerprint density at radius 3 is 2.33 bits per heavy atom. The first kappa shape index (κ1) is 11.6. The molecule has 0 unspecified atom stereocenters. The Kier molecular flexibility index (Phi) is 2.72. The van der Waals surface area contributed by atoms with Gasteiger partial charge >= 0.3 is 0 Å². The van der Waals surface area contributed by atoms with Crippen molar-refractivity contribution >= 4 is 11.6 Å². The molecule has 0 aromatic heterocycles. The van der Waals surface area contributed by atoms with Crippen molar-refractivity contribution in [2.75, 3.05) is 5.32 Å². The van der Waals surface area contributed by atoms with Crippen LogP contribution in [0.15, 0.2) is 18.2 Å². The third-order valence-electron chi connectivity index (χ3n) is 2.92. The van der Waals surface area contributed by atoms with E-state index in [4.69, 9.17) is 15.8 Å². The maximum atomic E-state index is 11.8. The molecule has 1 amide bonds. The minimum Gasteiger partial charge on any atom is -0.325 e. The number of hydrogen-bond acceptors (Lipinski definition) is 4. The highest BCUT2D eigenvalue weighted by Crippen LogP contribution is 2.45. The molecule has 0 radical (unpaired) electrons. The molecule has 1 aromatic carbocycles. The van der Waals surface area contributed by atoms with Crippen molar-refractivity contribution in [1.82, 2.24) is 0 Å². The number of carbonyl (C=O) groups is 1. The second-order valence-electron chi connectivity index (χ2n) is 4.13. The van der Waals surface area contributed by atoms with Crippen molar-refractivity contribution in [3.8, 4) is 18.2 Å². The zero-order chi connectivity index (χ0) is 13.2. The largest absolute Gasteiger partial charge is 0.325 e. The molecule has 5 nitrogen and oxygen atoms in total. The van der Waals surface area contributed by atoms with Gasteiger partial charge in [-0.15, -0.1) is 0 Å². The average Bonchev–Trinajstić information content (AvgIpc) is 3.19. The zero-order valence-corrected chi connectivity index (χ0v) is 9.40. The van der Waals surface area contributed by atoms with E-state index in [1.54, 1.807) is 6.07 Å². The normalized spacial score (nSPS) is 14.7. The summed E-state index contributed by atoms with van der Waals surface area (Å²) < 4.78 is 0. The second-order valence-corrected chi connectivity index (χ2v) is 4.13. The highest BCUT2D eigenvalue weighted by atomic mass is 16.2. The van der Waals surface area contributed by atoms with E-state index in [0.717, 1.165) is 0 Å². The van der Waals surface area contributed by atoms with E-state index in [1.165, 1.54) is 12.1 Å². The molecule has 1 fully saturated rings. The summed E-state index contributed by atoms with van der Waals surface area (Å²) in [5, 5.41) is 29.1. The number of carbonyl (C=O) groups excluding carboxylic acids is 1. The van der Waals surface area contributed by atoms with E-state index in [9.17, 15) is 4.79 Å². The third-order valence-corrected chi connectivity index (χ3v) is 2.92. The van der Waals surface area contributed by atoms with Crippen molar-refractivity contribution < 1.29 is 4.79 Å². The van der Waals surface area contributed by atoms with Gasteiger partial charge in [0.1, 0.15) is 17.6 Å². The summed E-state index contributed by atoms with van der Waals surface area (Å²) in [6.07, 6.45) is 1.13. The Labute approximate surface area is 104 Å². The summed E-state index contributed by atoms with van der Waals surface area (Å²) in [4.78, 5) is 11.8. The number of amides is 1. The van der Waals surface area contributed by atoms with Crippen molar-refractivity contribution in [2.24, 2.45) is 5.41 Å². The first-order valence-electron chi connectivity index (χ1n) is 5.32. The number of nitrogens with one attached hydrogen (secondary N) is 1. The van der Waals surface area contributed by atoms with E-state index in [1.807, 2.05) is 18.2 Å². The lowest BCUT2D eigenvalue weighted by Gasteiger charge is -2.08. The molecule has 5 heteroatoms. The van der Waals surface area contributed by atoms with Gasteiger partial charge in [-0.2, -0.15) is 15.8 Å². The van der Waals surface area contributed by atoms with Crippen LogP contribution in [-0.2, 0) is 4.79 Å². The maximum absolute atomic E-state index is 11.8. The lowest BCUT2D eigenvalue weighted by atomic mass is 10.1. The third kappa shape index (κ3) is 1.88. The molecule has 0 heterocycles. The smallest absolute Gasteiger partial charge is 0.244 e. The van der Waals surface area contributed by atoms with Gasteiger partial charge in [0.15, 0.2) is 0 Å². The molecule has 2 rings (SSSR count). The molecule has 86 valence electrons. The summed E-state index contributed by atoms with van der Waals surface area (Å²) in [7, 11) is 0. The van der Waals surface area contributed by atoms with Crippen LogP contribution in [-0.4, -0.2) is 5.91 Å². The lowest BCUT2D eigenvalue weighted by molar-refractivity contribution is -0.119. The Bertz CT molecular complexity index is 638. The lowest BCUT2D eigenvalue weighted by Crippen LogP contribution is -2.22. The fourth-order valence-corrected chi connectivity index (χ4v) is 1.58. The number of hydrogen-bond donors (Lipinski definition) is 1. The molecule has 1 aliphatic rings. The van der Waals surface area contributed by atoms with E-state index in [-0.39, 0.29) is 17.0 Å². The van der Waals surface area contributed by atoms with Gasteiger partial charge in [-0.3, -0.25) is 4.79 Å². The van der Waals surface area contributed by atoms with Gasteiger partial charge in [-0.05, 0) is 31.0 Å². The predicted molar refractivity (Wildman–Crippen MR) is 61.8 cm³/mol. The molecular formula is C13H8N4O. The first-order valence-corrected chi connectivity index (χ1v) is 5.32. The van der Waals surface area contributed by atoms with Gasteiger partial charge in [-0.1, -0.05) is 0 Å². The molecule has 18 heavy (non-hydrogen) atoms. The summed E-state index contributed by atoms with van der Waals surface area (Å²) in [5.74, 6) is -0.349. The van der Waals surface area contributed by atoms with Crippen molar-refractivity contribution in [3.63, 3.8) is 0 Å². The topological polar surface area (TPSA) is 100 Å². The van der Waals surface area contributed by atoms with Crippen LogP contribution >= 0.6 is 0 Å².